The number of anilines is 1. The molecule has 2 saturated heterocycles. The van der Waals surface area contributed by atoms with Gasteiger partial charge < -0.3 is 9.64 Å². The highest BCUT2D eigenvalue weighted by molar-refractivity contribution is 5.43. The molecule has 2 bridgehead atoms. The molecule has 0 aliphatic carbocycles. The maximum Gasteiger partial charge on any atom is 0.128 e. The van der Waals surface area contributed by atoms with Crippen LogP contribution in [0.1, 0.15) is 12.0 Å². The van der Waals surface area contributed by atoms with Crippen molar-refractivity contribution in [1.29, 1.82) is 0 Å². The Morgan fingerprint density at radius 2 is 2.43 bits per heavy atom. The minimum Gasteiger partial charge on any atom is -0.374 e. The largest absolute Gasteiger partial charge is 0.374 e. The van der Waals surface area contributed by atoms with Gasteiger partial charge >= 0.3 is 0 Å². The Morgan fingerprint density at radius 1 is 1.50 bits per heavy atom. The van der Waals surface area contributed by atoms with Crippen molar-refractivity contribution in [2.45, 2.75) is 25.5 Å². The zero-order valence-electron chi connectivity index (χ0n) is 8.31. The molecule has 2 aliphatic rings. The number of rotatable bonds is 1. The summed E-state index contributed by atoms with van der Waals surface area (Å²) in [5, 5.41) is 0. The van der Waals surface area contributed by atoms with E-state index in [-0.39, 0.29) is 0 Å². The number of hydrogen-bond donors (Lipinski definition) is 0. The predicted octanol–water partition coefficient (Wildman–Crippen LogP) is 1.37. The van der Waals surface area contributed by atoms with Crippen molar-refractivity contribution in [2.75, 3.05) is 18.1 Å². The first-order valence-electron chi connectivity index (χ1n) is 5.14. The van der Waals surface area contributed by atoms with E-state index in [4.69, 9.17) is 4.74 Å². The summed E-state index contributed by atoms with van der Waals surface area (Å²) < 4.78 is 5.56. The Hall–Kier alpha value is -1.09. The summed E-state index contributed by atoms with van der Waals surface area (Å²) in [6, 6.07) is 4.79. The van der Waals surface area contributed by atoms with E-state index in [1.54, 1.807) is 0 Å². The third kappa shape index (κ3) is 1.20. The van der Waals surface area contributed by atoms with E-state index in [0.29, 0.717) is 12.1 Å². The number of nitrogens with zero attached hydrogens (tertiary/aromatic N) is 2. The lowest BCUT2D eigenvalue weighted by Crippen LogP contribution is -2.37. The molecule has 0 aromatic carbocycles. The van der Waals surface area contributed by atoms with Crippen LogP contribution >= 0.6 is 0 Å². The molecule has 0 radical (unpaired) electrons. The minimum absolute atomic E-state index is 0.447. The molecule has 2 fully saturated rings. The van der Waals surface area contributed by atoms with Crippen LogP contribution in [-0.2, 0) is 4.74 Å². The quantitative estimate of drug-likeness (QED) is 0.668. The van der Waals surface area contributed by atoms with Gasteiger partial charge in [0.15, 0.2) is 0 Å². The van der Waals surface area contributed by atoms with Gasteiger partial charge in [-0.05, 0) is 25.0 Å². The number of aromatic nitrogens is 1. The van der Waals surface area contributed by atoms with Crippen LogP contribution in [0, 0.1) is 6.92 Å². The minimum atomic E-state index is 0.447. The molecular formula is C11H14N2O. The molecule has 0 unspecified atom stereocenters. The van der Waals surface area contributed by atoms with Crippen molar-refractivity contribution in [3.8, 4) is 0 Å². The summed E-state index contributed by atoms with van der Waals surface area (Å²) in [5.74, 6) is 1.10. The van der Waals surface area contributed by atoms with Gasteiger partial charge in [0.25, 0.3) is 0 Å². The second-order valence-electron chi connectivity index (χ2n) is 4.19. The molecule has 2 aliphatic heterocycles. The van der Waals surface area contributed by atoms with E-state index >= 15 is 0 Å². The first-order chi connectivity index (χ1) is 6.83. The first kappa shape index (κ1) is 8.24. The topological polar surface area (TPSA) is 25.4 Å². The molecule has 0 saturated carbocycles. The second-order valence-corrected chi connectivity index (χ2v) is 4.19. The zero-order valence-corrected chi connectivity index (χ0v) is 8.31. The van der Waals surface area contributed by atoms with Crippen molar-refractivity contribution >= 4 is 5.82 Å². The van der Waals surface area contributed by atoms with E-state index in [1.165, 1.54) is 12.0 Å². The summed E-state index contributed by atoms with van der Waals surface area (Å²) in [7, 11) is 0. The lowest BCUT2D eigenvalue weighted by molar-refractivity contribution is 0.0989. The van der Waals surface area contributed by atoms with E-state index in [1.807, 2.05) is 6.20 Å². The number of fused-ring (bicyclic) bond motifs is 2. The van der Waals surface area contributed by atoms with Crippen molar-refractivity contribution < 1.29 is 4.74 Å². The number of ether oxygens (including phenoxy) is 1. The molecule has 0 N–H and O–H groups in total. The zero-order chi connectivity index (χ0) is 9.54. The van der Waals surface area contributed by atoms with Crippen LogP contribution in [0.4, 0.5) is 5.82 Å². The average molecular weight is 190 g/mol. The maximum absolute atomic E-state index is 5.56. The van der Waals surface area contributed by atoms with Crippen LogP contribution in [0.5, 0.6) is 0 Å². The van der Waals surface area contributed by atoms with Gasteiger partial charge in [0.1, 0.15) is 5.82 Å². The van der Waals surface area contributed by atoms with Crippen LogP contribution in [0.15, 0.2) is 18.3 Å². The van der Waals surface area contributed by atoms with Gasteiger partial charge in [0.05, 0.1) is 18.8 Å². The molecule has 1 aromatic rings. The Kier molecular flexibility index (Phi) is 1.74. The van der Waals surface area contributed by atoms with Gasteiger partial charge in [-0.3, -0.25) is 0 Å². The van der Waals surface area contributed by atoms with Crippen molar-refractivity contribution in [2.24, 2.45) is 0 Å². The maximum atomic E-state index is 5.56. The molecule has 3 heteroatoms. The highest BCUT2D eigenvalue weighted by Gasteiger charge is 2.39. The average Bonchev–Trinajstić information content (AvgIpc) is 2.80. The lowest BCUT2D eigenvalue weighted by Gasteiger charge is -2.27. The van der Waals surface area contributed by atoms with Gasteiger partial charge in [-0.25, -0.2) is 4.98 Å². The molecule has 3 rings (SSSR count). The molecule has 14 heavy (non-hydrogen) atoms. The number of morpholine rings is 1. The molecule has 74 valence electrons. The lowest BCUT2D eigenvalue weighted by atomic mass is 10.2. The van der Waals surface area contributed by atoms with Crippen molar-refractivity contribution in [1.82, 2.24) is 4.98 Å². The highest BCUT2D eigenvalue weighted by Crippen LogP contribution is 2.31. The van der Waals surface area contributed by atoms with E-state index in [2.05, 4.69) is 28.9 Å². The van der Waals surface area contributed by atoms with Crippen molar-refractivity contribution in [3.63, 3.8) is 0 Å². The SMILES string of the molecule is Cc1ccc(N2C[C@@H]3C[C@H]2CO3)nc1. The molecule has 0 amide bonds. The standard InChI is InChI=1S/C11H14N2O/c1-8-2-3-11(12-5-8)13-6-10-4-9(13)7-14-10/h2-3,5,9-10H,4,6-7H2,1H3/t9-,10-/m0/s1. The number of pyridine rings is 1. The monoisotopic (exact) mass is 190 g/mol. The summed E-state index contributed by atoms with van der Waals surface area (Å²) in [5.41, 5.74) is 1.22. The van der Waals surface area contributed by atoms with Gasteiger partial charge in [-0.15, -0.1) is 0 Å². The fourth-order valence-electron chi connectivity index (χ4n) is 2.31. The smallest absolute Gasteiger partial charge is 0.128 e. The van der Waals surface area contributed by atoms with Crippen LogP contribution in [0.2, 0.25) is 0 Å². The molecule has 2 atom stereocenters. The van der Waals surface area contributed by atoms with Gasteiger partial charge in [0, 0.05) is 12.7 Å². The fourth-order valence-corrected chi connectivity index (χ4v) is 2.31. The predicted molar refractivity (Wildman–Crippen MR) is 54.5 cm³/mol. The van der Waals surface area contributed by atoms with Crippen LogP contribution in [-0.4, -0.2) is 30.3 Å². The fraction of sp³-hybridized carbons (Fsp3) is 0.545. The van der Waals surface area contributed by atoms with Crippen LogP contribution in [0.3, 0.4) is 0 Å². The first-order valence-corrected chi connectivity index (χ1v) is 5.14. The van der Waals surface area contributed by atoms with Crippen LogP contribution < -0.4 is 4.90 Å². The van der Waals surface area contributed by atoms with E-state index in [0.717, 1.165) is 19.0 Å². The van der Waals surface area contributed by atoms with Crippen LogP contribution in [0.25, 0.3) is 0 Å². The van der Waals surface area contributed by atoms with Gasteiger partial charge in [-0.2, -0.15) is 0 Å². The summed E-state index contributed by atoms with van der Waals surface area (Å²) in [4.78, 5) is 6.82. The van der Waals surface area contributed by atoms with E-state index in [9.17, 15) is 0 Å². The third-order valence-corrected chi connectivity index (χ3v) is 3.09. The normalized spacial score (nSPS) is 29.9. The second kappa shape index (κ2) is 2.95. The summed E-state index contributed by atoms with van der Waals surface area (Å²) >= 11 is 0. The highest BCUT2D eigenvalue weighted by atomic mass is 16.5. The summed E-state index contributed by atoms with van der Waals surface area (Å²) in [6.07, 6.45) is 3.56. The Morgan fingerprint density at radius 3 is 3.00 bits per heavy atom. The van der Waals surface area contributed by atoms with Gasteiger partial charge in [0.2, 0.25) is 0 Å². The Labute approximate surface area is 83.7 Å². The number of hydrogen-bond acceptors (Lipinski definition) is 3. The third-order valence-electron chi connectivity index (χ3n) is 3.09. The Balaban J connectivity index is 1.86. The molecular weight excluding hydrogens is 176 g/mol. The molecule has 1 aromatic heterocycles. The van der Waals surface area contributed by atoms with E-state index < -0.39 is 0 Å². The molecule has 0 spiro atoms. The Bertz CT molecular complexity index is 336. The molecule has 3 heterocycles. The van der Waals surface area contributed by atoms with Crippen molar-refractivity contribution in [3.05, 3.63) is 23.9 Å². The molecule has 3 nitrogen and oxygen atoms in total. The summed E-state index contributed by atoms with van der Waals surface area (Å²) in [6.45, 7) is 3.96. The number of aryl methyl sites for hydroxylation is 1. The van der Waals surface area contributed by atoms with Gasteiger partial charge in [-0.1, -0.05) is 6.07 Å².